The van der Waals surface area contributed by atoms with E-state index in [2.05, 4.69) is 29.7 Å². The maximum atomic E-state index is 13.4. The molecule has 212 valence electrons. The van der Waals surface area contributed by atoms with E-state index in [0.29, 0.717) is 30.3 Å². The predicted octanol–water partition coefficient (Wildman–Crippen LogP) is 5.16. The number of aryl methyl sites for hydroxylation is 1. The lowest BCUT2D eigenvalue weighted by molar-refractivity contribution is -0.106. The van der Waals surface area contributed by atoms with Crippen LogP contribution in [0.4, 0.5) is 4.79 Å². The van der Waals surface area contributed by atoms with Crippen LogP contribution in [0.5, 0.6) is 0 Å². The number of nitrogens with one attached hydrogen (secondary N) is 2. The van der Waals surface area contributed by atoms with Crippen LogP contribution in [0, 0.1) is 0 Å². The van der Waals surface area contributed by atoms with E-state index in [-0.39, 0.29) is 19.1 Å². The Balaban J connectivity index is 1.64. The fraction of sp³-hybridized carbons (Fsp3) is 0.355. The summed E-state index contributed by atoms with van der Waals surface area (Å²) in [7, 11) is 1.88. The van der Waals surface area contributed by atoms with E-state index in [1.807, 2.05) is 61.6 Å². The summed E-state index contributed by atoms with van der Waals surface area (Å²) in [6.45, 7) is 4.19. The summed E-state index contributed by atoms with van der Waals surface area (Å²) in [6, 6.07) is 21.5. The maximum absolute atomic E-state index is 13.4. The topological polar surface area (TPSA) is 100 Å². The van der Waals surface area contributed by atoms with Crippen molar-refractivity contribution in [3.8, 4) is 11.1 Å². The number of carbonyl (C=O) groups is 2. The lowest BCUT2D eigenvalue weighted by atomic mass is 9.92. The zero-order valence-corrected chi connectivity index (χ0v) is 23.6. The van der Waals surface area contributed by atoms with E-state index in [9.17, 15) is 9.59 Å². The van der Waals surface area contributed by atoms with Gasteiger partial charge in [-0.2, -0.15) is 0 Å². The van der Waals surface area contributed by atoms with Crippen LogP contribution in [0.2, 0.25) is 5.02 Å². The quantitative estimate of drug-likeness (QED) is 0.278. The molecule has 0 bridgehead atoms. The Morgan fingerprint density at radius 1 is 1.12 bits per heavy atom. The molecule has 1 heterocycles. The lowest BCUT2D eigenvalue weighted by Crippen LogP contribution is -2.48. The largest absolute Gasteiger partial charge is 0.465 e. The van der Waals surface area contributed by atoms with Gasteiger partial charge in [-0.3, -0.25) is 4.79 Å². The smallest absolute Gasteiger partial charge is 0.404 e. The molecule has 0 spiro atoms. The first-order valence-corrected chi connectivity index (χ1v) is 13.9. The highest BCUT2D eigenvalue weighted by molar-refractivity contribution is 6.33. The molecule has 1 aliphatic rings. The van der Waals surface area contributed by atoms with Gasteiger partial charge in [0, 0.05) is 35.8 Å². The summed E-state index contributed by atoms with van der Waals surface area (Å²) in [5, 5.41) is 15.1. The van der Waals surface area contributed by atoms with Gasteiger partial charge in [0.05, 0.1) is 19.8 Å². The van der Waals surface area contributed by atoms with E-state index in [0.717, 1.165) is 35.2 Å². The monoisotopic (exact) mass is 565 g/mol. The molecule has 8 nitrogen and oxygen atoms in total. The summed E-state index contributed by atoms with van der Waals surface area (Å²) < 4.78 is 12.5. The van der Waals surface area contributed by atoms with E-state index >= 15 is 0 Å². The third-order valence-electron chi connectivity index (χ3n) is 6.95. The Hall–Kier alpha value is -3.43. The number of carbonyl (C=O) groups excluding carboxylic acids is 1. The molecule has 0 saturated carbocycles. The van der Waals surface area contributed by atoms with Crippen LogP contribution in [0.25, 0.3) is 11.1 Å². The number of amides is 2. The molecule has 2 amide bonds. The fourth-order valence-electron chi connectivity index (χ4n) is 4.97. The van der Waals surface area contributed by atoms with Crippen LogP contribution in [0.15, 0.2) is 66.7 Å². The number of ether oxygens (including phenoxy) is 2. The predicted molar refractivity (Wildman–Crippen MR) is 156 cm³/mol. The van der Waals surface area contributed by atoms with Crippen molar-refractivity contribution < 1.29 is 24.2 Å². The van der Waals surface area contributed by atoms with Gasteiger partial charge < -0.3 is 30.1 Å². The third-order valence-corrected chi connectivity index (χ3v) is 7.27. The Morgan fingerprint density at radius 2 is 1.90 bits per heavy atom. The van der Waals surface area contributed by atoms with Gasteiger partial charge in [0.2, 0.25) is 0 Å². The first-order chi connectivity index (χ1) is 19.4. The summed E-state index contributed by atoms with van der Waals surface area (Å²) in [5.74, 6) is -0.0717. The maximum Gasteiger partial charge on any atom is 0.404 e. The number of nitrogens with zero attached hydrogens (tertiary/aromatic N) is 1. The number of rotatable bonds is 11. The second kappa shape index (κ2) is 14.3. The zero-order chi connectivity index (χ0) is 28.5. The van der Waals surface area contributed by atoms with Gasteiger partial charge in [-0.15, -0.1) is 0 Å². The first kappa shape index (κ1) is 29.6. The average Bonchev–Trinajstić information content (AvgIpc) is 2.97. The molecule has 3 aromatic carbocycles. The van der Waals surface area contributed by atoms with Crippen molar-refractivity contribution in [1.82, 2.24) is 15.5 Å². The molecule has 3 aromatic rings. The number of carboxylic acid groups (broad SMARTS) is 1. The van der Waals surface area contributed by atoms with Crippen molar-refractivity contribution in [2.45, 2.75) is 32.1 Å². The highest BCUT2D eigenvalue weighted by atomic mass is 35.5. The van der Waals surface area contributed by atoms with Crippen LogP contribution < -0.4 is 10.6 Å². The standard InChI is InChI=1S/C31H36ClN3O5/c1-3-21-6-4-7-24(18-21)28-25(8-5-9-26(28)32)29(40-16-14-34-31(37)38)27-20-35(15-17-39-27)30(36)23-12-10-22(11-13-23)19-33-2/h4-13,18,27,29,33-34H,3,14-17,19-20H2,1-2H3,(H,37,38). The third kappa shape index (κ3) is 7.40. The van der Waals surface area contributed by atoms with Crippen LogP contribution in [0.3, 0.4) is 0 Å². The van der Waals surface area contributed by atoms with Crippen LogP contribution in [0.1, 0.15) is 40.1 Å². The number of hydrogen-bond donors (Lipinski definition) is 3. The van der Waals surface area contributed by atoms with Gasteiger partial charge in [0.25, 0.3) is 5.91 Å². The molecule has 1 aliphatic heterocycles. The summed E-state index contributed by atoms with van der Waals surface area (Å²) in [5.41, 5.74) is 5.52. The van der Waals surface area contributed by atoms with Crippen LogP contribution in [-0.2, 0) is 22.4 Å². The molecule has 1 fully saturated rings. The van der Waals surface area contributed by atoms with Gasteiger partial charge >= 0.3 is 6.09 Å². The minimum atomic E-state index is -1.12. The minimum absolute atomic E-state index is 0.0717. The number of hydrogen-bond acceptors (Lipinski definition) is 5. The second-order valence-corrected chi connectivity index (χ2v) is 10.1. The van der Waals surface area contributed by atoms with Crippen molar-refractivity contribution in [2.24, 2.45) is 0 Å². The molecule has 9 heteroatoms. The normalized spacial score (nSPS) is 16.0. The van der Waals surface area contributed by atoms with Crippen molar-refractivity contribution in [3.63, 3.8) is 0 Å². The summed E-state index contributed by atoms with van der Waals surface area (Å²) in [6.07, 6.45) is -1.32. The van der Waals surface area contributed by atoms with E-state index in [1.165, 1.54) is 5.56 Å². The second-order valence-electron chi connectivity index (χ2n) is 9.67. The first-order valence-electron chi connectivity index (χ1n) is 13.5. The number of benzene rings is 3. The van der Waals surface area contributed by atoms with Crippen LogP contribution in [-0.4, -0.2) is 68.0 Å². The number of morpholine rings is 1. The van der Waals surface area contributed by atoms with Gasteiger partial charge in [0.15, 0.2) is 0 Å². The SMILES string of the molecule is CCc1cccc(-c2c(Cl)cccc2C(OCCNC(=O)O)C2CN(C(=O)c3ccc(CNC)cc3)CCO2)c1. The number of halogens is 1. The van der Waals surface area contributed by atoms with Gasteiger partial charge in [0.1, 0.15) is 12.2 Å². The molecule has 4 rings (SSSR count). The summed E-state index contributed by atoms with van der Waals surface area (Å²) in [4.78, 5) is 26.2. The molecule has 3 N–H and O–H groups in total. The van der Waals surface area contributed by atoms with E-state index in [1.54, 1.807) is 4.90 Å². The zero-order valence-electron chi connectivity index (χ0n) is 22.9. The van der Waals surface area contributed by atoms with Crippen molar-refractivity contribution in [2.75, 3.05) is 39.9 Å². The fourth-order valence-corrected chi connectivity index (χ4v) is 5.26. The molecule has 2 atom stereocenters. The Kier molecular flexibility index (Phi) is 10.5. The Bertz CT molecular complexity index is 1300. The highest BCUT2D eigenvalue weighted by Crippen LogP contribution is 2.39. The average molecular weight is 566 g/mol. The van der Waals surface area contributed by atoms with Crippen LogP contribution >= 0.6 is 11.6 Å². The van der Waals surface area contributed by atoms with E-state index < -0.39 is 18.3 Å². The van der Waals surface area contributed by atoms with Gasteiger partial charge in [-0.05, 0) is 53.9 Å². The molecule has 2 unspecified atom stereocenters. The Morgan fingerprint density at radius 3 is 2.62 bits per heavy atom. The van der Waals surface area contributed by atoms with Gasteiger partial charge in [-0.1, -0.05) is 67.1 Å². The molecule has 0 aliphatic carbocycles. The molecule has 0 aromatic heterocycles. The van der Waals surface area contributed by atoms with E-state index in [4.69, 9.17) is 26.2 Å². The molecular formula is C31H36ClN3O5. The highest BCUT2D eigenvalue weighted by Gasteiger charge is 2.34. The molecule has 1 saturated heterocycles. The Labute approximate surface area is 240 Å². The van der Waals surface area contributed by atoms with Crippen molar-refractivity contribution in [1.29, 1.82) is 0 Å². The van der Waals surface area contributed by atoms with Crippen molar-refractivity contribution in [3.05, 3.63) is 94.0 Å². The summed E-state index contributed by atoms with van der Waals surface area (Å²) >= 11 is 6.78. The molecule has 0 radical (unpaired) electrons. The van der Waals surface area contributed by atoms with Gasteiger partial charge in [-0.25, -0.2) is 4.79 Å². The molecular weight excluding hydrogens is 530 g/mol. The van der Waals surface area contributed by atoms with Crippen molar-refractivity contribution >= 4 is 23.6 Å². The lowest BCUT2D eigenvalue weighted by Gasteiger charge is -2.38. The minimum Gasteiger partial charge on any atom is -0.465 e. The molecule has 40 heavy (non-hydrogen) atoms.